The highest BCUT2D eigenvalue weighted by Crippen LogP contribution is 2.37. The molecular formula is C50H40Br4N2O2. The van der Waals surface area contributed by atoms with Crippen LogP contribution in [0.1, 0.15) is 0 Å². The van der Waals surface area contributed by atoms with Crippen molar-refractivity contribution in [2.45, 2.75) is 0 Å². The van der Waals surface area contributed by atoms with Crippen molar-refractivity contribution in [3.8, 4) is 44.9 Å². The monoisotopic (exact) mass is 1020 g/mol. The molecule has 8 heteroatoms. The van der Waals surface area contributed by atoms with Gasteiger partial charge in [0.05, 0.1) is 14.2 Å². The van der Waals surface area contributed by atoms with E-state index in [9.17, 15) is 0 Å². The lowest BCUT2D eigenvalue weighted by molar-refractivity contribution is 0.415. The Balaban J connectivity index is 0.000000200. The lowest BCUT2D eigenvalue weighted by Gasteiger charge is -2.26. The number of hydrogen-bond acceptors (Lipinski definition) is 4. The molecule has 0 atom stereocenters. The van der Waals surface area contributed by atoms with Crippen molar-refractivity contribution in [3.05, 3.63) is 212 Å². The zero-order chi connectivity index (χ0) is 40.9. The van der Waals surface area contributed by atoms with Crippen LogP contribution in [0.3, 0.4) is 0 Å². The van der Waals surface area contributed by atoms with E-state index in [4.69, 9.17) is 15.2 Å². The number of nitrogens with two attached hydrogens (primary N) is 1. The van der Waals surface area contributed by atoms with Crippen LogP contribution in [0.5, 0.6) is 11.5 Å². The van der Waals surface area contributed by atoms with E-state index in [1.54, 1.807) is 26.4 Å². The minimum absolute atomic E-state index is 0.760. The van der Waals surface area contributed by atoms with Crippen LogP contribution < -0.4 is 20.1 Å². The van der Waals surface area contributed by atoms with Crippen LogP contribution >= 0.6 is 63.7 Å². The molecule has 8 aromatic carbocycles. The van der Waals surface area contributed by atoms with E-state index in [1.165, 1.54) is 33.4 Å². The van der Waals surface area contributed by atoms with Gasteiger partial charge in [-0.2, -0.15) is 0 Å². The number of anilines is 4. The predicted molar refractivity (Wildman–Crippen MR) is 259 cm³/mol. The van der Waals surface area contributed by atoms with E-state index in [2.05, 4.69) is 226 Å². The Bertz CT molecular complexity index is 2330. The lowest BCUT2D eigenvalue weighted by atomic mass is 10.0. The summed E-state index contributed by atoms with van der Waals surface area (Å²) in [5.41, 5.74) is 16.7. The average Bonchev–Trinajstić information content (AvgIpc) is 3.26. The molecule has 0 radical (unpaired) electrons. The summed E-state index contributed by atoms with van der Waals surface area (Å²) in [6, 6.07) is 66.2. The molecule has 0 amide bonds. The smallest absolute Gasteiger partial charge is 0.119 e. The number of nitrogens with zero attached hydrogens (tertiary/aromatic N) is 1. The Morgan fingerprint density at radius 2 is 0.517 bits per heavy atom. The van der Waals surface area contributed by atoms with Crippen molar-refractivity contribution in [2.24, 2.45) is 0 Å². The fourth-order valence-corrected chi connectivity index (χ4v) is 7.02. The van der Waals surface area contributed by atoms with Crippen LogP contribution in [-0.4, -0.2) is 14.2 Å². The Hall–Kier alpha value is -5.12. The van der Waals surface area contributed by atoms with E-state index in [-0.39, 0.29) is 0 Å². The van der Waals surface area contributed by atoms with Gasteiger partial charge in [-0.05, 0) is 155 Å². The maximum absolute atomic E-state index is 5.43. The second-order valence-electron chi connectivity index (χ2n) is 12.9. The fraction of sp³-hybridized carbons (Fsp3) is 0.0400. The first-order valence-electron chi connectivity index (χ1n) is 18.3. The SMILES string of the molecule is Brc1ccc(-c2ccc(Br)cc2)cc1.COc1ccc(N(c2ccc(-c3ccc(Br)cc3)cc2)c2ccc(-c3ccc(Br)cc3)cc2)cc1.COc1ccc(N)cc1. The largest absolute Gasteiger partial charge is 0.497 e. The van der Waals surface area contributed by atoms with Gasteiger partial charge in [0.2, 0.25) is 0 Å². The highest BCUT2D eigenvalue weighted by Gasteiger charge is 2.14. The Morgan fingerprint density at radius 3 is 0.759 bits per heavy atom. The fourth-order valence-electron chi connectivity index (χ4n) is 5.96. The Kier molecular flexibility index (Phi) is 15.4. The molecule has 0 spiro atoms. The summed E-state index contributed by atoms with van der Waals surface area (Å²) in [5, 5.41) is 0. The highest BCUT2D eigenvalue weighted by molar-refractivity contribution is 9.11. The first kappa shape index (κ1) is 42.5. The van der Waals surface area contributed by atoms with E-state index in [1.807, 2.05) is 24.3 Å². The van der Waals surface area contributed by atoms with Crippen molar-refractivity contribution >= 4 is 86.5 Å². The quantitative estimate of drug-likeness (QED) is 0.154. The van der Waals surface area contributed by atoms with E-state index < -0.39 is 0 Å². The predicted octanol–water partition coefficient (Wildman–Crippen LogP) is 16.2. The average molecular weight is 1020 g/mol. The van der Waals surface area contributed by atoms with Crippen LogP contribution in [-0.2, 0) is 0 Å². The van der Waals surface area contributed by atoms with Crippen LogP contribution in [0, 0.1) is 0 Å². The maximum atomic E-state index is 5.43. The molecule has 0 saturated heterocycles. The molecule has 0 fully saturated rings. The summed E-state index contributed by atoms with van der Waals surface area (Å²) < 4.78 is 14.7. The maximum Gasteiger partial charge on any atom is 0.119 e. The molecule has 4 nitrogen and oxygen atoms in total. The molecule has 0 aliphatic heterocycles. The molecule has 0 heterocycles. The number of benzene rings is 8. The molecule has 0 aromatic heterocycles. The molecule has 290 valence electrons. The zero-order valence-electron chi connectivity index (χ0n) is 31.8. The molecule has 0 saturated carbocycles. The minimum atomic E-state index is 0.760. The highest BCUT2D eigenvalue weighted by atomic mass is 79.9. The standard InChI is InChI=1S/C31H23Br2NO.C12H8Br2.C7H9NO/c1-35-31-20-18-30(19-21-31)34(28-14-6-24(7-15-28)22-2-10-26(32)11-3-22)29-16-8-25(9-17-29)23-4-12-27(33)13-5-23;13-11-5-1-9(2-6-11)10-3-7-12(14)8-4-10;1-9-7-4-2-6(8)3-5-7/h2-21H,1H3;1-8H;2-5H,8H2,1H3. The Morgan fingerprint density at radius 1 is 0.310 bits per heavy atom. The third kappa shape index (κ3) is 12.0. The number of hydrogen-bond donors (Lipinski definition) is 1. The molecule has 58 heavy (non-hydrogen) atoms. The van der Waals surface area contributed by atoms with Gasteiger partial charge in [0, 0.05) is 40.6 Å². The normalized spacial score (nSPS) is 10.3. The first-order chi connectivity index (χ1) is 28.2. The van der Waals surface area contributed by atoms with Gasteiger partial charge in [0.25, 0.3) is 0 Å². The summed E-state index contributed by atoms with van der Waals surface area (Å²) in [6.45, 7) is 0. The van der Waals surface area contributed by atoms with Gasteiger partial charge in [-0.3, -0.25) is 0 Å². The third-order valence-corrected chi connectivity index (χ3v) is 11.2. The molecule has 8 aromatic rings. The second kappa shape index (κ2) is 21.0. The van der Waals surface area contributed by atoms with E-state index in [0.717, 1.165) is 52.1 Å². The van der Waals surface area contributed by atoms with Gasteiger partial charge in [-0.15, -0.1) is 0 Å². The second-order valence-corrected chi connectivity index (χ2v) is 16.6. The Labute approximate surface area is 374 Å². The van der Waals surface area contributed by atoms with Gasteiger partial charge in [0.1, 0.15) is 11.5 Å². The van der Waals surface area contributed by atoms with Gasteiger partial charge >= 0.3 is 0 Å². The summed E-state index contributed by atoms with van der Waals surface area (Å²) in [6.07, 6.45) is 0. The van der Waals surface area contributed by atoms with E-state index in [0.29, 0.717) is 0 Å². The van der Waals surface area contributed by atoms with Crippen LogP contribution in [0.25, 0.3) is 33.4 Å². The molecule has 0 bridgehead atoms. The molecular weight excluding hydrogens is 980 g/mol. The molecule has 0 aliphatic carbocycles. The van der Waals surface area contributed by atoms with Crippen LogP contribution in [0.15, 0.2) is 212 Å². The van der Waals surface area contributed by atoms with Crippen molar-refractivity contribution < 1.29 is 9.47 Å². The van der Waals surface area contributed by atoms with Crippen molar-refractivity contribution in [3.63, 3.8) is 0 Å². The summed E-state index contributed by atoms with van der Waals surface area (Å²) in [4.78, 5) is 2.26. The molecule has 2 N–H and O–H groups in total. The number of nitrogen functional groups attached to an aromatic ring is 1. The van der Waals surface area contributed by atoms with Gasteiger partial charge < -0.3 is 20.1 Å². The number of rotatable bonds is 8. The summed E-state index contributed by atoms with van der Waals surface area (Å²) in [7, 11) is 3.32. The minimum Gasteiger partial charge on any atom is -0.497 e. The van der Waals surface area contributed by atoms with E-state index >= 15 is 0 Å². The molecule has 8 rings (SSSR count). The zero-order valence-corrected chi connectivity index (χ0v) is 38.2. The first-order valence-corrected chi connectivity index (χ1v) is 21.4. The van der Waals surface area contributed by atoms with Crippen molar-refractivity contribution in [1.82, 2.24) is 0 Å². The lowest BCUT2D eigenvalue weighted by Crippen LogP contribution is -2.09. The molecule has 0 aliphatic rings. The van der Waals surface area contributed by atoms with Crippen LogP contribution in [0.2, 0.25) is 0 Å². The summed E-state index contributed by atoms with van der Waals surface area (Å²) in [5.74, 6) is 1.68. The number of halogens is 4. The topological polar surface area (TPSA) is 47.7 Å². The summed E-state index contributed by atoms with van der Waals surface area (Å²) >= 11 is 13.9. The number of methoxy groups -OCH3 is 2. The van der Waals surface area contributed by atoms with Crippen LogP contribution in [0.4, 0.5) is 22.7 Å². The van der Waals surface area contributed by atoms with Gasteiger partial charge in [-0.1, -0.05) is 137 Å². The molecule has 0 unspecified atom stereocenters. The van der Waals surface area contributed by atoms with Gasteiger partial charge in [-0.25, -0.2) is 0 Å². The third-order valence-electron chi connectivity index (χ3n) is 9.07. The number of ether oxygens (including phenoxy) is 2. The van der Waals surface area contributed by atoms with Gasteiger partial charge in [0.15, 0.2) is 0 Å². The van der Waals surface area contributed by atoms with Crippen molar-refractivity contribution in [1.29, 1.82) is 0 Å². The van der Waals surface area contributed by atoms with Crippen molar-refractivity contribution in [2.75, 3.05) is 24.9 Å².